The second-order valence-electron chi connectivity index (χ2n) is 8.83. The Morgan fingerprint density at radius 1 is 1.33 bits per heavy atom. The zero-order valence-electron chi connectivity index (χ0n) is 18.9. The van der Waals surface area contributed by atoms with Crippen LogP contribution in [0.3, 0.4) is 0 Å². The number of carbonyl (C=O) groups is 3. The van der Waals surface area contributed by atoms with Crippen molar-refractivity contribution in [2.45, 2.75) is 57.5 Å². The van der Waals surface area contributed by atoms with E-state index in [0.29, 0.717) is 11.1 Å². The van der Waals surface area contributed by atoms with Gasteiger partial charge in [0, 0.05) is 18.4 Å². The van der Waals surface area contributed by atoms with E-state index in [1.165, 1.54) is 0 Å². The monoisotopic (exact) mass is 462 g/mol. The van der Waals surface area contributed by atoms with E-state index in [-0.39, 0.29) is 24.0 Å². The van der Waals surface area contributed by atoms with Crippen molar-refractivity contribution in [1.82, 2.24) is 0 Å². The molecule has 2 aliphatic heterocycles. The molecule has 5 atom stereocenters. The minimum Gasteiger partial charge on any atom is -0.458 e. The van der Waals surface area contributed by atoms with Crippen LogP contribution in [0.4, 0.5) is 0 Å². The van der Waals surface area contributed by atoms with E-state index in [9.17, 15) is 24.6 Å². The first-order chi connectivity index (χ1) is 15.5. The molecule has 1 fully saturated rings. The maximum atomic E-state index is 13.0. The molecule has 3 rings (SSSR count). The van der Waals surface area contributed by atoms with Gasteiger partial charge in [-0.2, -0.15) is 0 Å². The van der Waals surface area contributed by atoms with E-state index in [1.54, 1.807) is 32.9 Å². The van der Waals surface area contributed by atoms with Gasteiger partial charge in [0.1, 0.15) is 18.3 Å². The summed E-state index contributed by atoms with van der Waals surface area (Å²) in [5.74, 6) is -3.69. The fraction of sp³-hybridized carbons (Fsp3) is 0.542. The molecule has 9 heteroatoms. The third-order valence-electron chi connectivity index (χ3n) is 6.51. The lowest BCUT2D eigenvalue weighted by Gasteiger charge is -2.34. The summed E-state index contributed by atoms with van der Waals surface area (Å²) in [5, 5.41) is 30.1. The van der Waals surface area contributed by atoms with Crippen molar-refractivity contribution >= 4 is 17.9 Å². The summed E-state index contributed by atoms with van der Waals surface area (Å²) in [6, 6.07) is 0. The van der Waals surface area contributed by atoms with Gasteiger partial charge in [-0.1, -0.05) is 26.5 Å². The summed E-state index contributed by atoms with van der Waals surface area (Å²) in [4.78, 5) is 38.2. The fourth-order valence-electron chi connectivity index (χ4n) is 4.47. The second-order valence-corrected chi connectivity index (χ2v) is 8.83. The van der Waals surface area contributed by atoms with Gasteiger partial charge in [0.2, 0.25) is 0 Å². The summed E-state index contributed by atoms with van der Waals surface area (Å²) in [7, 11) is 0. The van der Waals surface area contributed by atoms with Crippen LogP contribution in [0, 0.1) is 11.8 Å². The molecule has 0 amide bonds. The Bertz CT molecular complexity index is 942. The van der Waals surface area contributed by atoms with Crippen molar-refractivity contribution in [3.63, 3.8) is 0 Å². The van der Waals surface area contributed by atoms with Crippen molar-refractivity contribution in [2.75, 3.05) is 13.2 Å². The smallest absolute Gasteiger partial charge is 0.343 e. The van der Waals surface area contributed by atoms with Gasteiger partial charge >= 0.3 is 17.9 Å². The number of rotatable bonds is 5. The van der Waals surface area contributed by atoms with Crippen molar-refractivity contribution in [1.29, 1.82) is 0 Å². The highest BCUT2D eigenvalue weighted by atomic mass is 16.6. The second kappa shape index (κ2) is 9.62. The molecule has 0 aromatic heterocycles. The average Bonchev–Trinajstić information content (AvgIpc) is 2.95. The molecule has 1 aliphatic carbocycles. The molecular formula is C24H30O9. The maximum Gasteiger partial charge on any atom is 0.343 e. The van der Waals surface area contributed by atoms with Gasteiger partial charge in [0.15, 0.2) is 5.60 Å². The molecule has 1 saturated heterocycles. The van der Waals surface area contributed by atoms with Crippen LogP contribution in [-0.4, -0.2) is 70.4 Å². The molecule has 9 nitrogen and oxygen atoms in total. The predicted octanol–water partition coefficient (Wildman–Crippen LogP) is 0.886. The Hall–Kier alpha value is -2.75. The molecule has 2 heterocycles. The van der Waals surface area contributed by atoms with Gasteiger partial charge in [-0.3, -0.25) is 0 Å². The number of esters is 3. The molecule has 33 heavy (non-hydrogen) atoms. The highest BCUT2D eigenvalue weighted by Gasteiger charge is 2.52. The Morgan fingerprint density at radius 3 is 2.64 bits per heavy atom. The van der Waals surface area contributed by atoms with Crippen LogP contribution < -0.4 is 0 Å². The molecule has 180 valence electrons. The minimum absolute atomic E-state index is 0.0922. The lowest BCUT2D eigenvalue weighted by atomic mass is 9.77. The van der Waals surface area contributed by atoms with Gasteiger partial charge in [0.25, 0.3) is 0 Å². The number of ether oxygens (including phenoxy) is 3. The van der Waals surface area contributed by atoms with E-state index >= 15 is 0 Å². The molecule has 0 aromatic rings. The number of aliphatic hydroxyl groups is 3. The third kappa shape index (κ3) is 4.53. The summed E-state index contributed by atoms with van der Waals surface area (Å²) in [6.45, 7) is 7.76. The summed E-state index contributed by atoms with van der Waals surface area (Å²) in [6.07, 6.45) is 2.14. The number of aliphatic hydroxyl groups excluding tert-OH is 2. The van der Waals surface area contributed by atoms with E-state index in [4.69, 9.17) is 19.3 Å². The van der Waals surface area contributed by atoms with Crippen LogP contribution in [0.2, 0.25) is 0 Å². The van der Waals surface area contributed by atoms with Crippen LogP contribution >= 0.6 is 0 Å². The minimum atomic E-state index is -1.97. The van der Waals surface area contributed by atoms with Crippen LogP contribution in [0.5, 0.6) is 0 Å². The Labute approximate surface area is 192 Å². The van der Waals surface area contributed by atoms with Gasteiger partial charge in [0.05, 0.1) is 24.7 Å². The first-order valence-corrected chi connectivity index (χ1v) is 10.9. The third-order valence-corrected chi connectivity index (χ3v) is 6.51. The first kappa shape index (κ1) is 24.9. The molecular weight excluding hydrogens is 432 g/mol. The molecule has 0 unspecified atom stereocenters. The van der Waals surface area contributed by atoms with Gasteiger partial charge in [-0.25, -0.2) is 14.4 Å². The molecule has 0 radical (unpaired) electrons. The predicted molar refractivity (Wildman–Crippen MR) is 115 cm³/mol. The van der Waals surface area contributed by atoms with Crippen molar-refractivity contribution in [3.05, 3.63) is 47.1 Å². The number of hydrogen-bond donors (Lipinski definition) is 3. The van der Waals surface area contributed by atoms with Gasteiger partial charge in [-0.05, 0) is 36.1 Å². The lowest BCUT2D eigenvalue weighted by Crippen LogP contribution is -2.48. The van der Waals surface area contributed by atoms with Crippen molar-refractivity contribution in [3.8, 4) is 0 Å². The van der Waals surface area contributed by atoms with E-state index in [1.807, 2.05) is 0 Å². The van der Waals surface area contributed by atoms with Crippen LogP contribution in [-0.2, 0) is 28.6 Å². The quantitative estimate of drug-likeness (QED) is 0.235. The summed E-state index contributed by atoms with van der Waals surface area (Å²) >= 11 is 0. The number of carbonyl (C=O) groups excluding carboxylic acids is 3. The molecule has 2 bridgehead atoms. The zero-order valence-corrected chi connectivity index (χ0v) is 18.9. The Balaban J connectivity index is 2.13. The standard InChI is InChI=1S/C24H30O9/c1-12(2)24(30)16-5-6-17(33-23(24)29)13(3)9-18-20(14(4)21(27)31-18)19(10-16)32-22(28)15(11-26)7-8-25/h5,7,9,12,17-20,25-26,30H,4,6,8,10-11H2,1-3H3/b13-9-,15-7-/t17-,18+,19+,20-,24-/m0/s1. The summed E-state index contributed by atoms with van der Waals surface area (Å²) < 4.78 is 16.8. The summed E-state index contributed by atoms with van der Waals surface area (Å²) in [5.41, 5.74) is -1.12. The molecule has 0 saturated carbocycles. The molecule has 3 aliphatic rings. The Kier molecular flexibility index (Phi) is 7.26. The van der Waals surface area contributed by atoms with Gasteiger partial charge < -0.3 is 29.5 Å². The van der Waals surface area contributed by atoms with Crippen LogP contribution in [0.15, 0.2) is 47.1 Å². The van der Waals surface area contributed by atoms with Crippen molar-refractivity contribution < 1.29 is 43.9 Å². The van der Waals surface area contributed by atoms with Crippen LogP contribution in [0.25, 0.3) is 0 Å². The van der Waals surface area contributed by atoms with Gasteiger partial charge in [-0.15, -0.1) is 0 Å². The normalized spacial score (nSPS) is 34.0. The highest BCUT2D eigenvalue weighted by Crippen LogP contribution is 2.42. The Morgan fingerprint density at radius 2 is 2.03 bits per heavy atom. The molecule has 0 spiro atoms. The number of hydrogen-bond acceptors (Lipinski definition) is 9. The highest BCUT2D eigenvalue weighted by molar-refractivity contribution is 5.92. The average molecular weight is 462 g/mol. The molecule has 0 aromatic carbocycles. The first-order valence-electron chi connectivity index (χ1n) is 10.9. The van der Waals surface area contributed by atoms with Crippen LogP contribution in [0.1, 0.15) is 33.6 Å². The molecule has 3 N–H and O–H groups in total. The fourth-order valence-corrected chi connectivity index (χ4v) is 4.47. The maximum absolute atomic E-state index is 13.0. The largest absolute Gasteiger partial charge is 0.458 e. The SMILES string of the molecule is C=C1C(=O)O[C@@H]2/C=C(/C)[C@@H]3CC=C(C[C@@H](OC(=O)/C(=C\CO)CO)[C@@H]12)[C@@](O)(C(C)C)C(=O)O3. The van der Waals surface area contributed by atoms with Crippen molar-refractivity contribution in [2.24, 2.45) is 11.8 Å². The zero-order chi connectivity index (χ0) is 24.5. The van der Waals surface area contributed by atoms with E-state index in [2.05, 4.69) is 6.58 Å². The lowest BCUT2D eigenvalue weighted by molar-refractivity contribution is -0.168. The van der Waals surface area contributed by atoms with E-state index < -0.39 is 66.9 Å². The topological polar surface area (TPSA) is 140 Å². The number of fused-ring (bicyclic) bond motifs is 3. The van der Waals surface area contributed by atoms with E-state index in [0.717, 1.165) is 6.08 Å².